The molecular weight excluding hydrogens is 214 g/mol. The number of allylic oxidation sites excluding steroid dienone is 1. The van der Waals surface area contributed by atoms with E-state index in [1.54, 1.807) is 0 Å². The van der Waals surface area contributed by atoms with E-state index in [0.717, 1.165) is 19.3 Å². The number of unbranched alkanes of at least 4 members (excludes halogenated alkanes) is 3. The maximum absolute atomic E-state index is 11.5. The lowest BCUT2D eigenvalue weighted by Gasteiger charge is -2.21. The summed E-state index contributed by atoms with van der Waals surface area (Å²) in [5.74, 6) is 0. The molecule has 0 bridgehead atoms. The summed E-state index contributed by atoms with van der Waals surface area (Å²) < 4.78 is 5.19. The van der Waals surface area contributed by atoms with Crippen molar-refractivity contribution in [1.29, 1.82) is 0 Å². The van der Waals surface area contributed by atoms with Crippen molar-refractivity contribution in [2.45, 2.75) is 71.4 Å². The Balaban J connectivity index is 3.60. The molecule has 0 rings (SSSR count). The molecule has 1 atom stereocenters. The number of ether oxygens (including phenoxy) is 1. The first-order chi connectivity index (χ1) is 7.85. The van der Waals surface area contributed by atoms with Crippen LogP contribution >= 0.6 is 0 Å². The normalized spacial score (nSPS) is 12.9. The number of hydrogen-bond acceptors (Lipinski definition) is 2. The summed E-state index contributed by atoms with van der Waals surface area (Å²) in [5.41, 5.74) is -0.423. The Labute approximate surface area is 106 Å². The quantitative estimate of drug-likeness (QED) is 0.539. The Morgan fingerprint density at radius 3 is 2.53 bits per heavy atom. The van der Waals surface area contributed by atoms with Crippen molar-refractivity contribution in [1.82, 2.24) is 5.32 Å². The molecule has 0 aromatic rings. The molecular formula is C14H27NO2. The Hall–Kier alpha value is -0.990. The van der Waals surface area contributed by atoms with Crippen LogP contribution in [0.3, 0.4) is 0 Å². The second kappa shape index (κ2) is 8.15. The maximum Gasteiger partial charge on any atom is 0.407 e. The van der Waals surface area contributed by atoms with E-state index in [1.807, 2.05) is 33.8 Å². The number of carbonyl (C=O) groups is 1. The summed E-state index contributed by atoms with van der Waals surface area (Å²) in [6, 6.07) is 0.175. The van der Waals surface area contributed by atoms with E-state index < -0.39 is 5.60 Å². The fraction of sp³-hybridized carbons (Fsp3) is 0.786. The van der Waals surface area contributed by atoms with Gasteiger partial charge in [0.2, 0.25) is 0 Å². The molecule has 0 spiro atoms. The van der Waals surface area contributed by atoms with Gasteiger partial charge in [0.05, 0.1) is 0 Å². The fourth-order valence-corrected chi connectivity index (χ4v) is 1.50. The van der Waals surface area contributed by atoms with Crippen molar-refractivity contribution in [3.8, 4) is 0 Å². The van der Waals surface area contributed by atoms with Crippen LogP contribution in [0, 0.1) is 0 Å². The third kappa shape index (κ3) is 11.3. The maximum atomic E-state index is 11.5. The van der Waals surface area contributed by atoms with Crippen LogP contribution in [0.5, 0.6) is 0 Å². The molecule has 0 aromatic heterocycles. The predicted octanol–water partition coefficient (Wildman–Crippen LogP) is 4.04. The molecule has 3 nitrogen and oxygen atoms in total. The molecule has 0 aliphatic carbocycles. The van der Waals surface area contributed by atoms with E-state index in [-0.39, 0.29) is 12.1 Å². The van der Waals surface area contributed by atoms with E-state index in [9.17, 15) is 4.79 Å². The van der Waals surface area contributed by atoms with Crippen molar-refractivity contribution >= 4 is 6.09 Å². The topological polar surface area (TPSA) is 38.3 Å². The predicted molar refractivity (Wildman–Crippen MR) is 72.1 cm³/mol. The Morgan fingerprint density at radius 2 is 2.00 bits per heavy atom. The average Bonchev–Trinajstić information content (AvgIpc) is 2.14. The van der Waals surface area contributed by atoms with Gasteiger partial charge in [0.1, 0.15) is 5.60 Å². The fourth-order valence-electron chi connectivity index (χ4n) is 1.50. The SMILES string of the molecule is C=CCCCCCC(C)NC(=O)OC(C)(C)C. The first-order valence-corrected chi connectivity index (χ1v) is 6.45. The van der Waals surface area contributed by atoms with E-state index in [2.05, 4.69) is 11.9 Å². The van der Waals surface area contributed by atoms with Crippen LogP contribution in [-0.2, 0) is 4.74 Å². The van der Waals surface area contributed by atoms with Crippen molar-refractivity contribution in [2.75, 3.05) is 0 Å². The van der Waals surface area contributed by atoms with Crippen molar-refractivity contribution in [3.63, 3.8) is 0 Å². The lowest BCUT2D eigenvalue weighted by atomic mass is 10.1. The summed E-state index contributed by atoms with van der Waals surface area (Å²) in [6.45, 7) is 11.3. The van der Waals surface area contributed by atoms with Gasteiger partial charge in [-0.25, -0.2) is 4.79 Å². The van der Waals surface area contributed by atoms with Gasteiger partial charge in [-0.1, -0.05) is 18.9 Å². The molecule has 1 N–H and O–H groups in total. The van der Waals surface area contributed by atoms with Crippen LogP contribution in [0.2, 0.25) is 0 Å². The molecule has 1 amide bonds. The minimum atomic E-state index is -0.423. The monoisotopic (exact) mass is 241 g/mol. The zero-order valence-corrected chi connectivity index (χ0v) is 11.7. The highest BCUT2D eigenvalue weighted by Gasteiger charge is 2.17. The Kier molecular flexibility index (Phi) is 7.68. The van der Waals surface area contributed by atoms with Gasteiger partial charge >= 0.3 is 6.09 Å². The van der Waals surface area contributed by atoms with Gasteiger partial charge in [0.15, 0.2) is 0 Å². The smallest absolute Gasteiger partial charge is 0.407 e. The molecule has 1 unspecified atom stereocenters. The zero-order valence-electron chi connectivity index (χ0n) is 11.7. The van der Waals surface area contributed by atoms with Crippen molar-refractivity contribution < 1.29 is 9.53 Å². The van der Waals surface area contributed by atoms with E-state index >= 15 is 0 Å². The van der Waals surface area contributed by atoms with E-state index in [0.29, 0.717) is 0 Å². The van der Waals surface area contributed by atoms with E-state index in [4.69, 9.17) is 4.74 Å². The molecule has 0 aliphatic rings. The lowest BCUT2D eigenvalue weighted by molar-refractivity contribution is 0.0506. The standard InChI is InChI=1S/C14H27NO2/c1-6-7-8-9-10-11-12(2)15-13(16)17-14(3,4)5/h6,12H,1,7-11H2,2-5H3,(H,15,16). The zero-order chi connectivity index (χ0) is 13.3. The highest BCUT2D eigenvalue weighted by atomic mass is 16.6. The molecule has 0 saturated carbocycles. The lowest BCUT2D eigenvalue weighted by Crippen LogP contribution is -2.37. The van der Waals surface area contributed by atoms with Crippen LogP contribution in [0.4, 0.5) is 4.79 Å². The molecule has 100 valence electrons. The minimum Gasteiger partial charge on any atom is -0.444 e. The summed E-state index contributed by atoms with van der Waals surface area (Å²) in [4.78, 5) is 11.5. The minimum absolute atomic E-state index is 0.175. The summed E-state index contributed by atoms with van der Waals surface area (Å²) in [6.07, 6.45) is 7.20. The van der Waals surface area contributed by atoms with Crippen molar-refractivity contribution in [3.05, 3.63) is 12.7 Å². The molecule has 0 fully saturated rings. The number of alkyl carbamates (subject to hydrolysis) is 1. The second-order valence-electron chi connectivity index (χ2n) is 5.47. The highest BCUT2D eigenvalue weighted by Crippen LogP contribution is 2.09. The van der Waals surface area contributed by atoms with Crippen LogP contribution in [0.15, 0.2) is 12.7 Å². The number of hydrogen-bond donors (Lipinski definition) is 1. The van der Waals surface area contributed by atoms with Gasteiger partial charge in [-0.3, -0.25) is 0 Å². The van der Waals surface area contributed by atoms with Crippen LogP contribution in [-0.4, -0.2) is 17.7 Å². The highest BCUT2D eigenvalue weighted by molar-refractivity contribution is 5.67. The van der Waals surface area contributed by atoms with Gasteiger partial charge in [-0.05, 0) is 47.0 Å². The third-order valence-corrected chi connectivity index (χ3v) is 2.31. The van der Waals surface area contributed by atoms with Crippen molar-refractivity contribution in [2.24, 2.45) is 0 Å². The molecule has 0 heterocycles. The Morgan fingerprint density at radius 1 is 1.35 bits per heavy atom. The number of carbonyl (C=O) groups excluding carboxylic acids is 1. The molecule has 0 aliphatic heterocycles. The molecule has 0 aromatic carbocycles. The van der Waals surface area contributed by atoms with Crippen LogP contribution in [0.25, 0.3) is 0 Å². The number of rotatable bonds is 7. The van der Waals surface area contributed by atoms with Gasteiger partial charge in [-0.15, -0.1) is 6.58 Å². The van der Waals surface area contributed by atoms with Gasteiger partial charge in [-0.2, -0.15) is 0 Å². The molecule has 3 heteroatoms. The third-order valence-electron chi connectivity index (χ3n) is 2.31. The van der Waals surface area contributed by atoms with Gasteiger partial charge in [0, 0.05) is 6.04 Å². The second-order valence-corrected chi connectivity index (χ2v) is 5.47. The molecule has 0 saturated heterocycles. The summed E-state index contributed by atoms with van der Waals surface area (Å²) in [7, 11) is 0. The summed E-state index contributed by atoms with van der Waals surface area (Å²) >= 11 is 0. The number of nitrogens with one attached hydrogen (secondary N) is 1. The first kappa shape index (κ1) is 16.0. The van der Waals surface area contributed by atoms with E-state index in [1.165, 1.54) is 12.8 Å². The molecule has 0 radical (unpaired) electrons. The van der Waals surface area contributed by atoms with Crippen LogP contribution in [0.1, 0.15) is 59.8 Å². The number of amides is 1. The average molecular weight is 241 g/mol. The summed E-state index contributed by atoms with van der Waals surface area (Å²) in [5, 5.41) is 2.85. The van der Waals surface area contributed by atoms with Crippen LogP contribution < -0.4 is 5.32 Å². The van der Waals surface area contributed by atoms with Gasteiger partial charge in [0.25, 0.3) is 0 Å². The van der Waals surface area contributed by atoms with Gasteiger partial charge < -0.3 is 10.1 Å². The first-order valence-electron chi connectivity index (χ1n) is 6.45. The molecule has 17 heavy (non-hydrogen) atoms. The Bertz CT molecular complexity index is 231. The largest absolute Gasteiger partial charge is 0.444 e.